The normalized spacial score (nSPS) is 16.4. The zero-order valence-electron chi connectivity index (χ0n) is 16.3. The molecule has 3 heterocycles. The van der Waals surface area contributed by atoms with Gasteiger partial charge in [0, 0.05) is 43.6 Å². The van der Waals surface area contributed by atoms with Gasteiger partial charge in [0.05, 0.1) is 34.2 Å². The van der Waals surface area contributed by atoms with Crippen molar-refractivity contribution in [3.63, 3.8) is 0 Å². The Morgan fingerprint density at radius 2 is 2.00 bits per heavy atom. The largest absolute Gasteiger partial charge is 0.350 e. The van der Waals surface area contributed by atoms with Gasteiger partial charge in [0.25, 0.3) is 5.91 Å². The number of nitriles is 1. The van der Waals surface area contributed by atoms with Crippen molar-refractivity contribution in [2.75, 3.05) is 29.9 Å². The van der Waals surface area contributed by atoms with E-state index in [1.165, 1.54) is 0 Å². The average Bonchev–Trinajstić information content (AvgIpc) is 3.10. The summed E-state index contributed by atoms with van der Waals surface area (Å²) in [6.07, 6.45) is 3.42. The van der Waals surface area contributed by atoms with E-state index in [0.29, 0.717) is 30.0 Å². The van der Waals surface area contributed by atoms with Crippen LogP contribution in [-0.4, -0.2) is 54.1 Å². The quantitative estimate of drug-likeness (QED) is 0.562. The fourth-order valence-electron chi connectivity index (χ4n) is 3.48. The zero-order valence-corrected chi connectivity index (χ0v) is 17.9. The van der Waals surface area contributed by atoms with Crippen LogP contribution in [0.1, 0.15) is 15.9 Å². The van der Waals surface area contributed by atoms with Crippen molar-refractivity contribution in [1.82, 2.24) is 14.5 Å². The second-order valence-corrected chi connectivity index (χ2v) is 9.45. The molecule has 0 saturated carbocycles. The van der Waals surface area contributed by atoms with Gasteiger partial charge in [-0.3, -0.25) is 13.9 Å². The number of amides is 1. The number of carbonyl (C=O) groups is 1. The van der Waals surface area contributed by atoms with Gasteiger partial charge in [-0.25, -0.2) is 4.98 Å². The number of hydrogen-bond donors (Lipinski definition) is 3. The molecule has 8 nitrogen and oxygen atoms in total. The van der Waals surface area contributed by atoms with Crippen LogP contribution < -0.4 is 5.32 Å². The van der Waals surface area contributed by atoms with Gasteiger partial charge < -0.3 is 14.8 Å². The molecule has 0 aliphatic carbocycles. The summed E-state index contributed by atoms with van der Waals surface area (Å²) in [4.78, 5) is 19.2. The maximum atomic E-state index is 13.1. The number of anilines is 2. The van der Waals surface area contributed by atoms with E-state index in [2.05, 4.69) is 16.4 Å². The predicted molar refractivity (Wildman–Crippen MR) is 121 cm³/mol. The predicted octanol–water partition coefficient (Wildman–Crippen LogP) is 3.82. The first-order chi connectivity index (χ1) is 13.9. The zero-order chi connectivity index (χ0) is 20.6. The number of aryl methyl sites for hydroxylation is 1. The fourth-order valence-corrected chi connectivity index (χ4v) is 4.70. The third kappa shape index (κ3) is 4.22. The number of carbonyl (C=O) groups excluding carboxylic acids is 1. The number of nitrogens with one attached hydrogen (secondary N) is 1. The van der Waals surface area contributed by atoms with Crippen LogP contribution in [0.25, 0.3) is 10.9 Å². The minimum atomic E-state index is -2.57. The van der Waals surface area contributed by atoms with Gasteiger partial charge in [-0.1, -0.05) is 6.07 Å². The number of halogens is 1. The van der Waals surface area contributed by atoms with Gasteiger partial charge in [0.15, 0.2) is 0 Å². The fraction of sp³-hybridized carbons (Fsp3) is 0.250. The summed E-state index contributed by atoms with van der Waals surface area (Å²) in [6.45, 7) is 0.627. The standard InChI is InChI=1S/C20H21N5O3S.ClH/c1-24-6-5-16-18(24)17(20(26)25-7-9-29(27,28)10-8-25)13-22-19(16)23-15-4-2-3-14(11-15)12-21;/h2-6,11,13,27-28H,7-10H2,1H3,(H,22,23);1H. The minimum Gasteiger partial charge on any atom is -0.350 e. The highest BCUT2D eigenvalue weighted by Crippen LogP contribution is 2.40. The monoisotopic (exact) mass is 447 g/mol. The summed E-state index contributed by atoms with van der Waals surface area (Å²) < 4.78 is 21.5. The van der Waals surface area contributed by atoms with Crippen LogP contribution in [0.15, 0.2) is 42.7 Å². The number of pyridine rings is 1. The van der Waals surface area contributed by atoms with Crippen LogP contribution in [0.2, 0.25) is 0 Å². The first-order valence-corrected chi connectivity index (χ1v) is 11.0. The molecular weight excluding hydrogens is 426 g/mol. The molecule has 0 atom stereocenters. The Balaban J connectivity index is 0.00000256. The lowest BCUT2D eigenvalue weighted by atomic mass is 10.1. The molecule has 1 aromatic carbocycles. The molecule has 0 unspecified atom stereocenters. The summed E-state index contributed by atoms with van der Waals surface area (Å²) >= 11 is 0. The number of aromatic nitrogens is 2. The Morgan fingerprint density at radius 3 is 2.70 bits per heavy atom. The van der Waals surface area contributed by atoms with Crippen LogP contribution in [0.3, 0.4) is 0 Å². The molecule has 3 N–H and O–H groups in total. The van der Waals surface area contributed by atoms with Crippen molar-refractivity contribution >= 4 is 51.3 Å². The summed E-state index contributed by atoms with van der Waals surface area (Å²) in [7, 11) is -0.699. The molecule has 1 amide bonds. The van der Waals surface area contributed by atoms with Crippen molar-refractivity contribution in [2.24, 2.45) is 7.05 Å². The molecule has 3 aromatic rings. The number of benzene rings is 1. The molecule has 10 heteroatoms. The van der Waals surface area contributed by atoms with E-state index < -0.39 is 10.6 Å². The van der Waals surface area contributed by atoms with Gasteiger partial charge in [0.2, 0.25) is 0 Å². The van der Waals surface area contributed by atoms with Crippen molar-refractivity contribution < 1.29 is 13.9 Å². The number of rotatable bonds is 3. The second-order valence-electron chi connectivity index (χ2n) is 7.03. The molecule has 1 fully saturated rings. The topological polar surface area (TPSA) is 114 Å². The maximum Gasteiger partial charge on any atom is 0.257 e. The molecule has 0 bridgehead atoms. The summed E-state index contributed by atoms with van der Waals surface area (Å²) in [5, 5.41) is 13.1. The number of fused-ring (bicyclic) bond motifs is 1. The first kappa shape index (κ1) is 21.9. The van der Waals surface area contributed by atoms with Gasteiger partial charge in [-0.2, -0.15) is 15.9 Å². The Kier molecular flexibility index (Phi) is 6.24. The highest BCUT2D eigenvalue weighted by atomic mass is 35.5. The van der Waals surface area contributed by atoms with Gasteiger partial charge >= 0.3 is 0 Å². The highest BCUT2D eigenvalue weighted by Gasteiger charge is 2.28. The molecular formula is C20H22ClN5O3S. The third-order valence-corrected chi connectivity index (χ3v) is 6.73. The van der Waals surface area contributed by atoms with Crippen molar-refractivity contribution in [1.29, 1.82) is 5.26 Å². The molecule has 2 aromatic heterocycles. The van der Waals surface area contributed by atoms with E-state index >= 15 is 0 Å². The number of hydrogen-bond acceptors (Lipinski definition) is 6. The van der Waals surface area contributed by atoms with Gasteiger partial charge in [0.1, 0.15) is 5.82 Å². The van der Waals surface area contributed by atoms with E-state index in [9.17, 15) is 13.9 Å². The highest BCUT2D eigenvalue weighted by molar-refractivity contribution is 8.24. The van der Waals surface area contributed by atoms with E-state index in [1.54, 1.807) is 29.3 Å². The van der Waals surface area contributed by atoms with Crippen LogP contribution in [0.5, 0.6) is 0 Å². The van der Waals surface area contributed by atoms with Crippen molar-refractivity contribution in [2.45, 2.75) is 0 Å². The summed E-state index contributed by atoms with van der Waals surface area (Å²) in [5.74, 6) is 0.839. The Morgan fingerprint density at radius 1 is 1.27 bits per heavy atom. The second kappa shape index (κ2) is 8.53. The van der Waals surface area contributed by atoms with Gasteiger partial charge in [-0.05, 0) is 24.3 Å². The SMILES string of the molecule is Cl.Cn1ccc2c(Nc3cccc(C#N)c3)ncc(C(=O)N3CCS(O)(O)CC3)c21. The van der Waals surface area contributed by atoms with E-state index in [0.717, 1.165) is 16.6 Å². The average molecular weight is 448 g/mol. The lowest BCUT2D eigenvalue weighted by Crippen LogP contribution is -2.42. The van der Waals surface area contributed by atoms with Crippen molar-refractivity contribution in [3.05, 3.63) is 53.9 Å². The Labute approximate surface area is 181 Å². The molecule has 0 spiro atoms. The molecule has 0 radical (unpaired) electrons. The lowest BCUT2D eigenvalue weighted by Gasteiger charge is -2.40. The molecule has 1 aliphatic heterocycles. The molecule has 4 rings (SSSR count). The van der Waals surface area contributed by atoms with Crippen LogP contribution >= 0.6 is 23.0 Å². The lowest BCUT2D eigenvalue weighted by molar-refractivity contribution is 0.0769. The Hall–Kier alpha value is -2.77. The number of nitrogens with zero attached hydrogens (tertiary/aromatic N) is 4. The minimum absolute atomic E-state index is 0. The molecule has 158 valence electrons. The molecule has 1 aliphatic rings. The summed E-state index contributed by atoms with van der Waals surface area (Å²) in [5.41, 5.74) is 2.51. The Bertz CT molecular complexity index is 1130. The van der Waals surface area contributed by atoms with E-state index in [1.807, 2.05) is 29.9 Å². The first-order valence-electron chi connectivity index (χ1n) is 9.12. The summed E-state index contributed by atoms with van der Waals surface area (Å²) in [6, 6.07) is 11.1. The third-order valence-electron chi connectivity index (χ3n) is 5.05. The molecule has 30 heavy (non-hydrogen) atoms. The van der Waals surface area contributed by atoms with E-state index in [4.69, 9.17) is 5.26 Å². The van der Waals surface area contributed by atoms with Crippen LogP contribution in [0.4, 0.5) is 11.5 Å². The van der Waals surface area contributed by atoms with E-state index in [-0.39, 0.29) is 29.8 Å². The van der Waals surface area contributed by atoms with Crippen LogP contribution in [-0.2, 0) is 7.05 Å². The smallest absolute Gasteiger partial charge is 0.257 e. The maximum absolute atomic E-state index is 13.1. The van der Waals surface area contributed by atoms with Crippen LogP contribution in [0, 0.1) is 11.3 Å². The molecule has 1 saturated heterocycles. The van der Waals surface area contributed by atoms with Crippen molar-refractivity contribution in [3.8, 4) is 6.07 Å². The van der Waals surface area contributed by atoms with Gasteiger partial charge in [-0.15, -0.1) is 12.4 Å².